The van der Waals surface area contributed by atoms with Crippen LogP contribution in [0.3, 0.4) is 0 Å². The molecule has 0 bridgehead atoms. The van der Waals surface area contributed by atoms with Crippen molar-refractivity contribution in [1.82, 2.24) is 20.2 Å². The van der Waals surface area contributed by atoms with Crippen molar-refractivity contribution < 1.29 is 19.5 Å². The highest BCUT2D eigenvalue weighted by atomic mass is 16.4. The molecule has 1 aromatic heterocycles. The number of aromatic amines is 1. The first-order valence-corrected chi connectivity index (χ1v) is 6.03. The van der Waals surface area contributed by atoms with Crippen molar-refractivity contribution in [2.45, 2.75) is 19.0 Å². The third-order valence-corrected chi connectivity index (χ3v) is 3.13. The molecule has 0 radical (unpaired) electrons. The fraction of sp³-hybridized carbons (Fsp3) is 0.455. The summed E-state index contributed by atoms with van der Waals surface area (Å²) in [6.07, 6.45) is 1.61. The van der Waals surface area contributed by atoms with Gasteiger partial charge in [-0.05, 0) is 0 Å². The number of hydrogen-bond donors (Lipinski definition) is 4. The second-order valence-corrected chi connectivity index (χ2v) is 4.39. The molecule has 20 heavy (non-hydrogen) atoms. The zero-order chi connectivity index (χ0) is 14.7. The van der Waals surface area contributed by atoms with E-state index in [4.69, 9.17) is 5.73 Å². The molecular formula is C11H15N5O4. The third-order valence-electron chi connectivity index (χ3n) is 3.13. The van der Waals surface area contributed by atoms with Gasteiger partial charge in [-0.15, -0.1) is 0 Å². The highest BCUT2D eigenvalue weighted by Crippen LogP contribution is 2.20. The van der Waals surface area contributed by atoms with E-state index >= 15 is 0 Å². The number of carboxylic acids is 1. The Hall–Kier alpha value is -2.42. The Morgan fingerprint density at radius 1 is 1.55 bits per heavy atom. The smallest absolute Gasteiger partial charge is 0.326 e. The number of nitrogens with zero attached hydrogens (tertiary/aromatic N) is 2. The van der Waals surface area contributed by atoms with E-state index in [1.165, 1.54) is 11.2 Å². The molecule has 1 aliphatic rings. The predicted octanol–water partition coefficient (Wildman–Crippen LogP) is -2.18. The van der Waals surface area contributed by atoms with Crippen LogP contribution in [0.25, 0.3) is 0 Å². The minimum Gasteiger partial charge on any atom is -0.480 e. The van der Waals surface area contributed by atoms with Gasteiger partial charge in [0.1, 0.15) is 6.04 Å². The molecule has 2 heterocycles. The molecule has 108 valence electrons. The number of carbonyl (C=O) groups excluding carboxylic acids is 2. The van der Waals surface area contributed by atoms with Crippen LogP contribution in [0.1, 0.15) is 11.4 Å². The van der Waals surface area contributed by atoms with Crippen molar-refractivity contribution in [3.05, 3.63) is 17.7 Å². The Bertz CT molecular complexity index is 541. The minimum atomic E-state index is -1.10. The molecule has 1 unspecified atom stereocenters. The van der Waals surface area contributed by atoms with Crippen molar-refractivity contribution in [3.8, 4) is 0 Å². The number of nitrogens with two attached hydrogens (primary N) is 1. The summed E-state index contributed by atoms with van der Waals surface area (Å²) in [4.78, 5) is 42.4. The monoisotopic (exact) mass is 281 g/mol. The van der Waals surface area contributed by atoms with Crippen molar-refractivity contribution in [3.63, 3.8) is 0 Å². The Morgan fingerprint density at radius 2 is 2.30 bits per heavy atom. The van der Waals surface area contributed by atoms with Crippen LogP contribution in [-0.4, -0.2) is 56.9 Å². The third kappa shape index (κ3) is 2.77. The fourth-order valence-electron chi connectivity index (χ4n) is 2.07. The molecule has 2 rings (SSSR count). The molecule has 1 aromatic rings. The number of H-pyrrole nitrogens is 1. The standard InChI is InChI=1S/C11H15N5O4/c12-2-9(17)13-3-10(18)16-4-7-6(14-5-15-7)1-8(16)11(19)20/h5,8H,1-4,12H2,(H,13,17)(H,14,15)(H,19,20). The normalized spacial score (nSPS) is 17.4. The number of nitrogens with one attached hydrogen (secondary N) is 2. The van der Waals surface area contributed by atoms with E-state index in [0.717, 1.165) is 0 Å². The van der Waals surface area contributed by atoms with Gasteiger partial charge in [0.05, 0.1) is 37.3 Å². The second kappa shape index (κ2) is 5.70. The summed E-state index contributed by atoms with van der Waals surface area (Å²) in [6.45, 7) is -0.368. The van der Waals surface area contributed by atoms with Gasteiger partial charge in [0, 0.05) is 6.42 Å². The lowest BCUT2D eigenvalue weighted by molar-refractivity contribution is -0.151. The SMILES string of the molecule is NCC(=O)NCC(=O)N1Cc2[nH]cnc2CC1C(=O)O. The molecule has 0 saturated carbocycles. The molecule has 5 N–H and O–H groups in total. The van der Waals surface area contributed by atoms with Gasteiger partial charge in [-0.25, -0.2) is 9.78 Å². The number of amides is 2. The number of fused-ring (bicyclic) bond motifs is 1. The van der Waals surface area contributed by atoms with Crippen LogP contribution < -0.4 is 11.1 Å². The lowest BCUT2D eigenvalue weighted by atomic mass is 10.0. The van der Waals surface area contributed by atoms with Crippen molar-refractivity contribution in [1.29, 1.82) is 0 Å². The van der Waals surface area contributed by atoms with Crippen molar-refractivity contribution in [2.75, 3.05) is 13.1 Å². The number of carboxylic acid groups (broad SMARTS) is 1. The van der Waals surface area contributed by atoms with Crippen LogP contribution in [-0.2, 0) is 27.3 Å². The lowest BCUT2D eigenvalue weighted by Gasteiger charge is -2.32. The maximum Gasteiger partial charge on any atom is 0.326 e. The van der Waals surface area contributed by atoms with Crippen LogP contribution in [0.15, 0.2) is 6.33 Å². The molecule has 2 amide bonds. The summed E-state index contributed by atoms with van der Waals surface area (Å²) in [6, 6.07) is -0.979. The van der Waals surface area contributed by atoms with E-state index in [0.29, 0.717) is 11.4 Å². The number of carbonyl (C=O) groups is 3. The first-order chi connectivity index (χ1) is 9.52. The summed E-state index contributed by atoms with van der Waals surface area (Å²) < 4.78 is 0. The van der Waals surface area contributed by atoms with Crippen LogP contribution in [0.4, 0.5) is 0 Å². The summed E-state index contributed by atoms with van der Waals surface area (Å²) >= 11 is 0. The van der Waals surface area contributed by atoms with Crippen molar-refractivity contribution >= 4 is 17.8 Å². The molecular weight excluding hydrogens is 266 g/mol. The molecule has 9 nitrogen and oxygen atoms in total. The van der Waals surface area contributed by atoms with Crippen LogP contribution >= 0.6 is 0 Å². The fourth-order valence-corrected chi connectivity index (χ4v) is 2.07. The largest absolute Gasteiger partial charge is 0.480 e. The van der Waals surface area contributed by atoms with E-state index < -0.39 is 23.8 Å². The summed E-state index contributed by atoms with van der Waals surface area (Å²) in [5.74, 6) is -2.04. The van der Waals surface area contributed by atoms with Gasteiger partial charge in [0.15, 0.2) is 0 Å². The van der Waals surface area contributed by atoms with Crippen LogP contribution in [0.2, 0.25) is 0 Å². The first kappa shape index (κ1) is 14.0. The summed E-state index contributed by atoms with van der Waals surface area (Å²) in [5.41, 5.74) is 6.47. The molecule has 0 spiro atoms. The van der Waals surface area contributed by atoms with Crippen LogP contribution in [0.5, 0.6) is 0 Å². The van der Waals surface area contributed by atoms with Gasteiger partial charge >= 0.3 is 5.97 Å². The number of aliphatic carboxylic acids is 1. The topological polar surface area (TPSA) is 141 Å². The molecule has 0 saturated heterocycles. The molecule has 0 aromatic carbocycles. The van der Waals surface area contributed by atoms with Gasteiger partial charge in [0.25, 0.3) is 0 Å². The zero-order valence-electron chi connectivity index (χ0n) is 10.6. The number of aromatic nitrogens is 2. The summed E-state index contributed by atoms with van der Waals surface area (Å²) in [5, 5.41) is 11.5. The molecule has 0 fully saturated rings. The Morgan fingerprint density at radius 3 is 2.95 bits per heavy atom. The highest BCUT2D eigenvalue weighted by molar-refractivity contribution is 5.88. The quantitative estimate of drug-likeness (QED) is 0.494. The highest BCUT2D eigenvalue weighted by Gasteiger charge is 2.35. The van der Waals surface area contributed by atoms with Gasteiger partial charge in [-0.2, -0.15) is 0 Å². The average molecular weight is 281 g/mol. The van der Waals surface area contributed by atoms with Gasteiger partial charge in [-0.3, -0.25) is 9.59 Å². The van der Waals surface area contributed by atoms with E-state index in [2.05, 4.69) is 15.3 Å². The first-order valence-electron chi connectivity index (χ1n) is 6.03. The van der Waals surface area contributed by atoms with E-state index in [1.54, 1.807) is 0 Å². The van der Waals surface area contributed by atoms with E-state index in [1.807, 2.05) is 0 Å². The summed E-state index contributed by atoms with van der Waals surface area (Å²) in [7, 11) is 0. The van der Waals surface area contributed by atoms with Crippen LogP contribution in [0, 0.1) is 0 Å². The number of hydrogen-bond acceptors (Lipinski definition) is 5. The molecule has 1 aliphatic heterocycles. The van der Waals surface area contributed by atoms with Gasteiger partial charge in [0.2, 0.25) is 11.8 Å². The second-order valence-electron chi connectivity index (χ2n) is 4.39. The minimum absolute atomic E-state index is 0.129. The lowest BCUT2D eigenvalue weighted by Crippen LogP contribution is -2.52. The Balaban J connectivity index is 2.10. The Labute approximate surface area is 114 Å². The molecule has 1 atom stereocenters. The maximum absolute atomic E-state index is 12.0. The molecule has 0 aliphatic carbocycles. The number of imidazole rings is 1. The van der Waals surface area contributed by atoms with E-state index in [9.17, 15) is 19.5 Å². The average Bonchev–Trinajstić information content (AvgIpc) is 2.89. The van der Waals surface area contributed by atoms with E-state index in [-0.39, 0.29) is 26.1 Å². The Kier molecular flexibility index (Phi) is 3.99. The molecule has 9 heteroatoms. The van der Waals surface area contributed by atoms with Gasteiger partial charge < -0.3 is 26.0 Å². The number of rotatable bonds is 4. The predicted molar refractivity (Wildman–Crippen MR) is 66.3 cm³/mol. The van der Waals surface area contributed by atoms with Crippen molar-refractivity contribution in [2.24, 2.45) is 5.73 Å². The van der Waals surface area contributed by atoms with Gasteiger partial charge in [-0.1, -0.05) is 0 Å². The zero-order valence-corrected chi connectivity index (χ0v) is 10.6. The maximum atomic E-state index is 12.0.